The average molecular weight is 298 g/mol. The molecule has 1 aromatic carbocycles. The number of likely N-dealkylation sites (N-methyl/N-ethyl adjacent to an activating group) is 2. The van der Waals surface area contributed by atoms with E-state index >= 15 is 0 Å². The molecule has 0 saturated heterocycles. The van der Waals surface area contributed by atoms with E-state index in [4.69, 9.17) is 4.42 Å². The van der Waals surface area contributed by atoms with Crippen LogP contribution in [0.25, 0.3) is 0 Å². The van der Waals surface area contributed by atoms with Crippen molar-refractivity contribution in [2.45, 2.75) is 25.4 Å². The standard InChI is InChI=1S/C18H22N2O2/c1-19(17-10-9-14-6-3-4-8-16(14)17)13-18(21)20(2)12-15-7-5-11-22-15/h3-8,11,17H,9-10,12-13H2,1-2H3. The Balaban J connectivity index is 1.60. The molecular weight excluding hydrogens is 276 g/mol. The fourth-order valence-electron chi connectivity index (χ4n) is 3.16. The average Bonchev–Trinajstić information content (AvgIpc) is 3.15. The Morgan fingerprint density at radius 2 is 2.05 bits per heavy atom. The maximum Gasteiger partial charge on any atom is 0.236 e. The summed E-state index contributed by atoms with van der Waals surface area (Å²) in [4.78, 5) is 16.3. The van der Waals surface area contributed by atoms with Gasteiger partial charge in [-0.1, -0.05) is 24.3 Å². The van der Waals surface area contributed by atoms with E-state index in [-0.39, 0.29) is 5.91 Å². The second-order valence-corrected chi connectivity index (χ2v) is 6.00. The summed E-state index contributed by atoms with van der Waals surface area (Å²) in [7, 11) is 3.85. The zero-order chi connectivity index (χ0) is 15.5. The molecule has 0 fully saturated rings. The lowest BCUT2D eigenvalue weighted by molar-refractivity contribution is -0.132. The van der Waals surface area contributed by atoms with Gasteiger partial charge in [-0.2, -0.15) is 0 Å². The molecule has 1 aliphatic rings. The summed E-state index contributed by atoms with van der Waals surface area (Å²) in [6.07, 6.45) is 3.82. The molecule has 4 nitrogen and oxygen atoms in total. The minimum absolute atomic E-state index is 0.114. The molecule has 4 heteroatoms. The predicted molar refractivity (Wildman–Crippen MR) is 85.3 cm³/mol. The number of carbonyl (C=O) groups is 1. The van der Waals surface area contributed by atoms with Crippen LogP contribution in [-0.4, -0.2) is 36.3 Å². The molecule has 1 aliphatic carbocycles. The molecule has 0 saturated carbocycles. The van der Waals surface area contributed by atoms with E-state index in [9.17, 15) is 4.79 Å². The number of benzene rings is 1. The third-order valence-corrected chi connectivity index (χ3v) is 4.42. The van der Waals surface area contributed by atoms with Crippen LogP contribution in [0.3, 0.4) is 0 Å². The van der Waals surface area contributed by atoms with Gasteiger partial charge >= 0.3 is 0 Å². The van der Waals surface area contributed by atoms with Gasteiger partial charge in [0.05, 0.1) is 19.4 Å². The summed E-state index contributed by atoms with van der Waals surface area (Å²) in [6.45, 7) is 0.942. The summed E-state index contributed by atoms with van der Waals surface area (Å²) in [5.41, 5.74) is 2.78. The van der Waals surface area contributed by atoms with Crippen molar-refractivity contribution in [1.82, 2.24) is 9.80 Å². The van der Waals surface area contributed by atoms with Gasteiger partial charge < -0.3 is 9.32 Å². The van der Waals surface area contributed by atoms with Crippen molar-refractivity contribution in [2.75, 3.05) is 20.6 Å². The molecular formula is C18H22N2O2. The summed E-state index contributed by atoms with van der Waals surface area (Å²) in [6, 6.07) is 12.6. The highest BCUT2D eigenvalue weighted by Crippen LogP contribution is 2.34. The van der Waals surface area contributed by atoms with Gasteiger partial charge in [0.1, 0.15) is 5.76 Å². The summed E-state index contributed by atoms with van der Waals surface area (Å²) >= 11 is 0. The van der Waals surface area contributed by atoms with Gasteiger partial charge in [-0.15, -0.1) is 0 Å². The van der Waals surface area contributed by atoms with Gasteiger partial charge in [0, 0.05) is 13.1 Å². The molecule has 1 unspecified atom stereocenters. The van der Waals surface area contributed by atoms with Crippen molar-refractivity contribution in [3.05, 3.63) is 59.5 Å². The number of hydrogen-bond acceptors (Lipinski definition) is 3. The van der Waals surface area contributed by atoms with Crippen molar-refractivity contribution in [2.24, 2.45) is 0 Å². The third-order valence-electron chi connectivity index (χ3n) is 4.42. The van der Waals surface area contributed by atoms with Crippen LogP contribution < -0.4 is 0 Å². The van der Waals surface area contributed by atoms with Gasteiger partial charge in [0.25, 0.3) is 0 Å². The predicted octanol–water partition coefficient (Wildman–Crippen LogP) is 2.86. The normalized spacial score (nSPS) is 16.8. The topological polar surface area (TPSA) is 36.7 Å². The van der Waals surface area contributed by atoms with E-state index in [1.165, 1.54) is 11.1 Å². The molecule has 0 radical (unpaired) electrons. The zero-order valence-electron chi connectivity index (χ0n) is 13.2. The number of amides is 1. The minimum Gasteiger partial charge on any atom is -0.467 e. The lowest BCUT2D eigenvalue weighted by Gasteiger charge is -2.26. The Hall–Kier alpha value is -2.07. The second kappa shape index (κ2) is 6.36. The van der Waals surface area contributed by atoms with Gasteiger partial charge in [-0.25, -0.2) is 0 Å². The molecule has 116 valence electrons. The van der Waals surface area contributed by atoms with E-state index in [1.807, 2.05) is 26.2 Å². The molecule has 0 bridgehead atoms. The van der Waals surface area contributed by atoms with E-state index in [0.29, 0.717) is 19.1 Å². The first-order valence-electron chi connectivity index (χ1n) is 7.69. The minimum atomic E-state index is 0.114. The van der Waals surface area contributed by atoms with Crippen molar-refractivity contribution in [3.63, 3.8) is 0 Å². The maximum atomic E-state index is 12.4. The Labute approximate surface area is 131 Å². The Morgan fingerprint density at radius 1 is 1.23 bits per heavy atom. The Kier molecular flexibility index (Phi) is 4.29. The van der Waals surface area contributed by atoms with Crippen LogP contribution in [-0.2, 0) is 17.8 Å². The largest absolute Gasteiger partial charge is 0.467 e. The first-order chi connectivity index (χ1) is 10.6. The lowest BCUT2D eigenvalue weighted by atomic mass is 10.1. The van der Waals surface area contributed by atoms with Crippen LogP contribution in [0.1, 0.15) is 29.3 Å². The zero-order valence-corrected chi connectivity index (χ0v) is 13.2. The summed E-state index contributed by atoms with van der Waals surface area (Å²) in [5, 5.41) is 0. The molecule has 22 heavy (non-hydrogen) atoms. The molecule has 1 heterocycles. The van der Waals surface area contributed by atoms with E-state index in [1.54, 1.807) is 11.2 Å². The molecule has 0 spiro atoms. The van der Waals surface area contributed by atoms with Crippen LogP contribution in [0.15, 0.2) is 47.1 Å². The van der Waals surface area contributed by atoms with Crippen LogP contribution in [0, 0.1) is 0 Å². The van der Waals surface area contributed by atoms with Crippen LogP contribution in [0.4, 0.5) is 0 Å². The van der Waals surface area contributed by atoms with E-state index in [0.717, 1.165) is 18.6 Å². The van der Waals surface area contributed by atoms with Gasteiger partial charge in [-0.05, 0) is 43.1 Å². The van der Waals surface area contributed by atoms with Gasteiger partial charge in [0.15, 0.2) is 0 Å². The number of furan rings is 1. The van der Waals surface area contributed by atoms with Crippen molar-refractivity contribution in [3.8, 4) is 0 Å². The number of fused-ring (bicyclic) bond motifs is 1. The fourth-order valence-corrected chi connectivity index (χ4v) is 3.16. The highest BCUT2D eigenvalue weighted by molar-refractivity contribution is 5.78. The molecule has 1 atom stereocenters. The first kappa shape index (κ1) is 14.9. The monoisotopic (exact) mass is 298 g/mol. The number of aryl methyl sites for hydroxylation is 1. The van der Waals surface area contributed by atoms with Crippen molar-refractivity contribution < 1.29 is 9.21 Å². The van der Waals surface area contributed by atoms with Crippen LogP contribution in [0.2, 0.25) is 0 Å². The smallest absolute Gasteiger partial charge is 0.236 e. The second-order valence-electron chi connectivity index (χ2n) is 6.00. The molecule has 1 aromatic heterocycles. The van der Waals surface area contributed by atoms with Crippen LogP contribution >= 0.6 is 0 Å². The summed E-state index contributed by atoms with van der Waals surface area (Å²) in [5.74, 6) is 0.924. The van der Waals surface area contributed by atoms with Crippen LogP contribution in [0.5, 0.6) is 0 Å². The highest BCUT2D eigenvalue weighted by atomic mass is 16.3. The Bertz CT molecular complexity index is 636. The molecule has 0 aliphatic heterocycles. The molecule has 2 aromatic rings. The number of hydrogen-bond donors (Lipinski definition) is 0. The van der Waals surface area contributed by atoms with Gasteiger partial charge in [-0.3, -0.25) is 9.69 Å². The SMILES string of the molecule is CN(Cc1ccco1)C(=O)CN(C)C1CCc2ccccc21. The Morgan fingerprint density at radius 3 is 2.82 bits per heavy atom. The lowest BCUT2D eigenvalue weighted by Crippen LogP contribution is -2.37. The maximum absolute atomic E-state index is 12.4. The number of rotatable bonds is 5. The number of carbonyl (C=O) groups excluding carboxylic acids is 1. The highest BCUT2D eigenvalue weighted by Gasteiger charge is 2.27. The third kappa shape index (κ3) is 3.07. The van der Waals surface area contributed by atoms with Gasteiger partial charge in [0.2, 0.25) is 5.91 Å². The molecule has 3 rings (SSSR count). The molecule has 0 N–H and O–H groups in total. The van der Waals surface area contributed by atoms with Crippen molar-refractivity contribution >= 4 is 5.91 Å². The quantitative estimate of drug-likeness (QED) is 0.851. The van der Waals surface area contributed by atoms with E-state index in [2.05, 4.69) is 29.2 Å². The van der Waals surface area contributed by atoms with Crippen molar-refractivity contribution in [1.29, 1.82) is 0 Å². The fraction of sp³-hybridized carbons (Fsp3) is 0.389. The number of nitrogens with zero attached hydrogens (tertiary/aromatic N) is 2. The summed E-state index contributed by atoms with van der Waals surface area (Å²) < 4.78 is 5.30. The first-order valence-corrected chi connectivity index (χ1v) is 7.69. The van der Waals surface area contributed by atoms with E-state index < -0.39 is 0 Å². The molecule has 1 amide bonds.